The van der Waals surface area contributed by atoms with Crippen molar-refractivity contribution in [3.05, 3.63) is 29.8 Å². The molecular formula is C15H20N2O3. The van der Waals surface area contributed by atoms with Crippen LogP contribution in [-0.4, -0.2) is 53.6 Å². The molecule has 1 saturated heterocycles. The van der Waals surface area contributed by atoms with Crippen molar-refractivity contribution in [2.24, 2.45) is 0 Å². The van der Waals surface area contributed by atoms with Gasteiger partial charge in [-0.3, -0.25) is 4.90 Å². The molecule has 2 N–H and O–H groups in total. The predicted molar refractivity (Wildman–Crippen MR) is 74.3 cm³/mol. The number of β-amino-alcohol motifs (C(OH)–C–C–N with tert-alkyl or cyclic N) is 1. The first-order valence-corrected chi connectivity index (χ1v) is 6.89. The summed E-state index contributed by atoms with van der Waals surface area (Å²) in [4.78, 5) is 2.10. The molecule has 0 radical (unpaired) electrons. The third-order valence-electron chi connectivity index (χ3n) is 3.56. The highest BCUT2D eigenvalue weighted by Crippen LogP contribution is 2.17. The summed E-state index contributed by atoms with van der Waals surface area (Å²) in [5.74, 6) is 0.586. The van der Waals surface area contributed by atoms with Crippen LogP contribution < -0.4 is 4.74 Å². The summed E-state index contributed by atoms with van der Waals surface area (Å²) >= 11 is 0. The summed E-state index contributed by atoms with van der Waals surface area (Å²) < 4.78 is 5.50. The van der Waals surface area contributed by atoms with Crippen LogP contribution in [-0.2, 0) is 0 Å². The van der Waals surface area contributed by atoms with Crippen molar-refractivity contribution in [1.29, 1.82) is 5.26 Å². The van der Waals surface area contributed by atoms with Crippen LogP contribution in [0.3, 0.4) is 0 Å². The van der Waals surface area contributed by atoms with E-state index >= 15 is 0 Å². The average Bonchev–Trinajstić information content (AvgIpc) is 2.92. The predicted octanol–water partition coefficient (Wildman–Crippen LogP) is 0.755. The molecule has 2 rings (SSSR count). The molecule has 1 aliphatic rings. The molecule has 0 aromatic heterocycles. The zero-order valence-electron chi connectivity index (χ0n) is 11.4. The molecular weight excluding hydrogens is 256 g/mol. The van der Waals surface area contributed by atoms with E-state index < -0.39 is 6.10 Å². The molecule has 0 bridgehead atoms. The Kier molecular flexibility index (Phi) is 5.36. The maximum Gasteiger partial charge on any atom is 0.120 e. The summed E-state index contributed by atoms with van der Waals surface area (Å²) in [5.41, 5.74) is 0.539. The van der Waals surface area contributed by atoms with Crippen molar-refractivity contribution in [2.75, 3.05) is 26.3 Å². The van der Waals surface area contributed by atoms with Gasteiger partial charge in [0, 0.05) is 12.6 Å². The van der Waals surface area contributed by atoms with Crippen LogP contribution in [0.15, 0.2) is 24.3 Å². The number of rotatable bonds is 6. The lowest BCUT2D eigenvalue weighted by molar-refractivity contribution is 0.0532. The molecule has 0 aliphatic carbocycles. The van der Waals surface area contributed by atoms with E-state index in [-0.39, 0.29) is 19.3 Å². The van der Waals surface area contributed by atoms with Crippen molar-refractivity contribution in [1.82, 2.24) is 4.90 Å². The van der Waals surface area contributed by atoms with Gasteiger partial charge < -0.3 is 14.9 Å². The summed E-state index contributed by atoms with van der Waals surface area (Å²) in [6, 6.07) is 9.08. The number of aliphatic hydroxyl groups excluding tert-OH is 2. The molecule has 1 aromatic carbocycles. The van der Waals surface area contributed by atoms with E-state index in [2.05, 4.69) is 4.90 Å². The lowest BCUT2D eigenvalue weighted by atomic mass is 10.2. The quantitative estimate of drug-likeness (QED) is 0.802. The number of hydrogen-bond acceptors (Lipinski definition) is 5. The van der Waals surface area contributed by atoms with Crippen LogP contribution >= 0.6 is 0 Å². The molecule has 2 atom stereocenters. The van der Waals surface area contributed by atoms with Gasteiger partial charge in [0.1, 0.15) is 18.5 Å². The van der Waals surface area contributed by atoms with Gasteiger partial charge in [0.25, 0.3) is 0 Å². The maximum absolute atomic E-state index is 10.00. The van der Waals surface area contributed by atoms with Crippen LogP contribution in [0.4, 0.5) is 0 Å². The Morgan fingerprint density at radius 2 is 2.35 bits per heavy atom. The molecule has 0 spiro atoms. The monoisotopic (exact) mass is 276 g/mol. The van der Waals surface area contributed by atoms with E-state index in [1.807, 2.05) is 6.07 Å². The summed E-state index contributed by atoms with van der Waals surface area (Å²) in [6.45, 7) is 1.73. The Morgan fingerprint density at radius 1 is 1.50 bits per heavy atom. The van der Waals surface area contributed by atoms with Crippen molar-refractivity contribution in [3.8, 4) is 11.8 Å². The topological polar surface area (TPSA) is 76.7 Å². The van der Waals surface area contributed by atoms with Crippen molar-refractivity contribution in [3.63, 3.8) is 0 Å². The summed E-state index contributed by atoms with van der Waals surface area (Å²) in [5, 5.41) is 28.0. The fourth-order valence-corrected chi connectivity index (χ4v) is 2.51. The molecule has 1 fully saturated rings. The third-order valence-corrected chi connectivity index (χ3v) is 3.56. The Balaban J connectivity index is 1.80. The molecule has 5 nitrogen and oxygen atoms in total. The second-order valence-corrected chi connectivity index (χ2v) is 5.08. The highest BCUT2D eigenvalue weighted by Gasteiger charge is 2.25. The van der Waals surface area contributed by atoms with Gasteiger partial charge in [0.05, 0.1) is 18.2 Å². The Bertz CT molecular complexity index is 472. The van der Waals surface area contributed by atoms with E-state index in [1.165, 1.54) is 0 Å². The van der Waals surface area contributed by atoms with Gasteiger partial charge >= 0.3 is 0 Å². The first kappa shape index (κ1) is 14.8. The van der Waals surface area contributed by atoms with Crippen molar-refractivity contribution in [2.45, 2.75) is 25.0 Å². The van der Waals surface area contributed by atoms with Crippen LogP contribution in [0, 0.1) is 11.3 Å². The molecule has 5 heteroatoms. The molecule has 1 aromatic rings. The van der Waals surface area contributed by atoms with Gasteiger partial charge in [-0.15, -0.1) is 0 Å². The molecule has 1 aliphatic heterocycles. The van der Waals surface area contributed by atoms with Crippen LogP contribution in [0.25, 0.3) is 0 Å². The second kappa shape index (κ2) is 7.25. The third kappa shape index (κ3) is 3.94. The van der Waals surface area contributed by atoms with Gasteiger partial charge in [-0.25, -0.2) is 0 Å². The first-order valence-electron chi connectivity index (χ1n) is 6.89. The Hall–Kier alpha value is -1.61. The number of nitriles is 1. The van der Waals surface area contributed by atoms with Gasteiger partial charge in [0.2, 0.25) is 0 Å². The molecule has 20 heavy (non-hydrogen) atoms. The van der Waals surface area contributed by atoms with Gasteiger partial charge in [0.15, 0.2) is 0 Å². The molecule has 1 heterocycles. The minimum Gasteiger partial charge on any atom is -0.491 e. The fraction of sp³-hybridized carbons (Fsp3) is 0.533. The highest BCUT2D eigenvalue weighted by molar-refractivity contribution is 5.36. The smallest absolute Gasteiger partial charge is 0.120 e. The lowest BCUT2D eigenvalue weighted by Crippen LogP contribution is -2.40. The van der Waals surface area contributed by atoms with Crippen molar-refractivity contribution < 1.29 is 14.9 Å². The molecule has 2 unspecified atom stereocenters. The average molecular weight is 276 g/mol. The summed E-state index contributed by atoms with van der Waals surface area (Å²) in [7, 11) is 0. The van der Waals surface area contributed by atoms with Gasteiger partial charge in [-0.1, -0.05) is 6.07 Å². The van der Waals surface area contributed by atoms with Crippen LogP contribution in [0.5, 0.6) is 5.75 Å². The zero-order valence-corrected chi connectivity index (χ0v) is 11.4. The van der Waals surface area contributed by atoms with Crippen molar-refractivity contribution >= 4 is 0 Å². The molecule has 0 amide bonds. The first-order chi connectivity index (χ1) is 9.72. The second-order valence-electron chi connectivity index (χ2n) is 5.08. The number of hydrogen-bond donors (Lipinski definition) is 2. The standard InChI is InChI=1S/C15H20N2O3/c16-8-12-3-1-5-15(7-12)20-11-14(19)9-17-6-2-4-13(17)10-18/h1,3,5,7,13-14,18-19H,2,4,6,9-11H2. The minimum atomic E-state index is -0.604. The SMILES string of the molecule is N#Cc1cccc(OCC(O)CN2CCCC2CO)c1. The van der Waals surface area contributed by atoms with E-state index in [9.17, 15) is 10.2 Å². The van der Waals surface area contributed by atoms with E-state index in [1.54, 1.807) is 24.3 Å². The number of aliphatic hydroxyl groups is 2. The molecule has 0 saturated carbocycles. The number of likely N-dealkylation sites (tertiary alicyclic amines) is 1. The minimum absolute atomic E-state index is 0.137. The number of ether oxygens (including phenoxy) is 1. The zero-order chi connectivity index (χ0) is 14.4. The van der Waals surface area contributed by atoms with Gasteiger partial charge in [-0.05, 0) is 37.6 Å². The van der Waals surface area contributed by atoms with E-state index in [0.717, 1.165) is 19.4 Å². The van der Waals surface area contributed by atoms with Crippen LogP contribution in [0.2, 0.25) is 0 Å². The normalized spacial score (nSPS) is 20.6. The fourth-order valence-electron chi connectivity index (χ4n) is 2.51. The Labute approximate surface area is 119 Å². The van der Waals surface area contributed by atoms with Gasteiger partial charge in [-0.2, -0.15) is 5.26 Å². The Morgan fingerprint density at radius 3 is 3.10 bits per heavy atom. The highest BCUT2D eigenvalue weighted by atomic mass is 16.5. The molecule has 108 valence electrons. The lowest BCUT2D eigenvalue weighted by Gasteiger charge is -2.25. The maximum atomic E-state index is 10.00. The van der Waals surface area contributed by atoms with Crippen LogP contribution in [0.1, 0.15) is 18.4 Å². The van der Waals surface area contributed by atoms with E-state index in [4.69, 9.17) is 10.00 Å². The largest absolute Gasteiger partial charge is 0.491 e. The number of benzene rings is 1. The number of nitrogens with zero attached hydrogens (tertiary/aromatic N) is 2. The summed E-state index contributed by atoms with van der Waals surface area (Å²) in [6.07, 6.45) is 1.44. The van der Waals surface area contributed by atoms with E-state index in [0.29, 0.717) is 17.9 Å².